The first-order valence-electron chi connectivity index (χ1n) is 11.8. The molecule has 2 atom stereocenters. The molecule has 0 saturated carbocycles. The number of fused-ring (bicyclic) bond motifs is 3. The second-order valence-corrected chi connectivity index (χ2v) is 9.33. The van der Waals surface area contributed by atoms with Crippen LogP contribution in [0.4, 0.5) is 13.2 Å². The summed E-state index contributed by atoms with van der Waals surface area (Å²) in [5.74, 6) is -0.619. The molecule has 1 aliphatic rings. The van der Waals surface area contributed by atoms with Gasteiger partial charge in [0.25, 0.3) is 5.60 Å². The summed E-state index contributed by atoms with van der Waals surface area (Å²) in [6.45, 7) is 2.61. The van der Waals surface area contributed by atoms with Crippen LogP contribution in [0.2, 0.25) is 0 Å². The molecule has 0 unspecified atom stereocenters. The summed E-state index contributed by atoms with van der Waals surface area (Å²) in [6.07, 6.45) is -7.01. The van der Waals surface area contributed by atoms with Gasteiger partial charge >= 0.3 is 12.1 Å². The monoisotopic (exact) mass is 551 g/mol. The first kappa shape index (κ1) is 28.2. The Morgan fingerprint density at radius 3 is 2.31 bits per heavy atom. The van der Waals surface area contributed by atoms with E-state index in [1.54, 1.807) is 12.1 Å². The van der Waals surface area contributed by atoms with E-state index in [1.807, 2.05) is 0 Å². The van der Waals surface area contributed by atoms with Crippen LogP contribution in [0.3, 0.4) is 0 Å². The number of carbonyl (C=O) groups excluding carboxylic acids is 1. The fourth-order valence-electron chi connectivity index (χ4n) is 4.48. The number of halogens is 3. The van der Waals surface area contributed by atoms with Gasteiger partial charge in [-0.25, -0.2) is 9.78 Å². The minimum absolute atomic E-state index is 0.00110. The second-order valence-electron chi connectivity index (χ2n) is 9.33. The van der Waals surface area contributed by atoms with E-state index in [0.29, 0.717) is 22.4 Å². The first-order chi connectivity index (χ1) is 18.4. The number of esters is 1. The lowest BCUT2D eigenvalue weighted by Crippen LogP contribution is -2.54. The molecule has 0 saturated heterocycles. The van der Waals surface area contributed by atoms with Crippen molar-refractivity contribution in [1.29, 1.82) is 0 Å². The van der Waals surface area contributed by atoms with Gasteiger partial charge in [-0.3, -0.25) is 0 Å². The molecule has 1 N–H and O–H groups in total. The quantitative estimate of drug-likeness (QED) is 0.390. The molecule has 1 aliphatic heterocycles. The summed E-state index contributed by atoms with van der Waals surface area (Å²) in [5, 5.41) is 11.4. The standard InChI is InChI=1S/C27H28F3NO8/c1-25(2,33)19(39-24(32)26(36-5,27(28,29)30)15-9-7-6-8-10-15)13-17-21(34-3)16-11-12-18-22(38-14-37-18)20(16)31-23(17)35-4/h6-12,19,33H,13-14H2,1-5H3/t19-,26-/m0/s1. The number of nitrogens with zero attached hydrogens (tertiary/aromatic N) is 1. The number of alkyl halides is 3. The fourth-order valence-corrected chi connectivity index (χ4v) is 4.48. The van der Waals surface area contributed by atoms with Crippen LogP contribution in [0.25, 0.3) is 10.9 Å². The van der Waals surface area contributed by atoms with Crippen molar-refractivity contribution in [3.8, 4) is 23.1 Å². The maximum absolute atomic E-state index is 14.4. The molecule has 4 rings (SSSR count). The molecule has 0 radical (unpaired) electrons. The van der Waals surface area contributed by atoms with Crippen LogP contribution in [-0.2, 0) is 26.3 Å². The Bertz CT molecular complexity index is 1360. The molecule has 9 nitrogen and oxygen atoms in total. The summed E-state index contributed by atoms with van der Waals surface area (Å²) in [6, 6.07) is 9.76. The van der Waals surface area contributed by atoms with Crippen molar-refractivity contribution in [2.24, 2.45) is 0 Å². The lowest BCUT2D eigenvalue weighted by Gasteiger charge is -2.36. The minimum atomic E-state index is -5.19. The van der Waals surface area contributed by atoms with Crippen LogP contribution in [0.5, 0.6) is 23.1 Å². The molecule has 3 aromatic rings. The molecule has 1 aromatic heterocycles. The number of pyridine rings is 1. The summed E-state index contributed by atoms with van der Waals surface area (Å²) in [7, 11) is 3.50. The molecular formula is C27H28F3NO8. The third-order valence-electron chi connectivity index (χ3n) is 6.50. The molecule has 0 aliphatic carbocycles. The van der Waals surface area contributed by atoms with Gasteiger partial charge in [0.1, 0.15) is 17.4 Å². The van der Waals surface area contributed by atoms with Crippen LogP contribution >= 0.6 is 0 Å². The molecule has 0 amide bonds. The largest absolute Gasteiger partial charge is 0.496 e. The van der Waals surface area contributed by atoms with Gasteiger partial charge in [-0.1, -0.05) is 30.3 Å². The Morgan fingerprint density at radius 1 is 1.05 bits per heavy atom. The van der Waals surface area contributed by atoms with E-state index in [1.165, 1.54) is 46.3 Å². The lowest BCUT2D eigenvalue weighted by molar-refractivity contribution is -0.280. The van der Waals surface area contributed by atoms with Crippen molar-refractivity contribution in [2.45, 2.75) is 43.8 Å². The van der Waals surface area contributed by atoms with Crippen LogP contribution in [0.15, 0.2) is 42.5 Å². The average molecular weight is 552 g/mol. The van der Waals surface area contributed by atoms with E-state index in [-0.39, 0.29) is 30.4 Å². The van der Waals surface area contributed by atoms with Crippen molar-refractivity contribution in [3.05, 3.63) is 53.6 Å². The zero-order valence-electron chi connectivity index (χ0n) is 21.9. The van der Waals surface area contributed by atoms with Crippen molar-refractivity contribution >= 4 is 16.9 Å². The highest BCUT2D eigenvalue weighted by molar-refractivity contribution is 5.94. The van der Waals surface area contributed by atoms with Gasteiger partial charge in [-0.05, 0) is 26.0 Å². The van der Waals surface area contributed by atoms with E-state index < -0.39 is 35.0 Å². The number of aliphatic hydroxyl groups is 1. The Kier molecular flexibility index (Phi) is 7.55. The van der Waals surface area contributed by atoms with E-state index >= 15 is 0 Å². The second kappa shape index (κ2) is 10.4. The summed E-state index contributed by atoms with van der Waals surface area (Å²) >= 11 is 0. The summed E-state index contributed by atoms with van der Waals surface area (Å²) in [4.78, 5) is 17.9. The van der Waals surface area contributed by atoms with Gasteiger partial charge in [-0.2, -0.15) is 13.2 Å². The predicted molar refractivity (Wildman–Crippen MR) is 132 cm³/mol. The molecule has 0 bridgehead atoms. The van der Waals surface area contributed by atoms with Gasteiger partial charge in [0.05, 0.1) is 25.4 Å². The highest BCUT2D eigenvalue weighted by Crippen LogP contribution is 2.46. The average Bonchev–Trinajstić information content (AvgIpc) is 3.37. The molecule has 39 heavy (non-hydrogen) atoms. The topological polar surface area (TPSA) is 106 Å². The summed E-state index contributed by atoms with van der Waals surface area (Å²) in [5.41, 5.74) is -5.10. The van der Waals surface area contributed by atoms with Gasteiger partial charge in [0.2, 0.25) is 12.7 Å². The Hall–Kier alpha value is -3.77. The van der Waals surface area contributed by atoms with Crippen molar-refractivity contribution in [1.82, 2.24) is 4.98 Å². The number of hydrogen-bond donors (Lipinski definition) is 1. The zero-order valence-corrected chi connectivity index (χ0v) is 21.9. The Balaban J connectivity index is 1.80. The number of benzene rings is 2. The van der Waals surface area contributed by atoms with E-state index in [0.717, 1.165) is 19.2 Å². The molecular weight excluding hydrogens is 523 g/mol. The van der Waals surface area contributed by atoms with Crippen LogP contribution in [0, 0.1) is 0 Å². The van der Waals surface area contributed by atoms with Crippen LogP contribution in [-0.4, -0.2) is 62.1 Å². The Morgan fingerprint density at radius 2 is 1.74 bits per heavy atom. The maximum Gasteiger partial charge on any atom is 0.432 e. The van der Waals surface area contributed by atoms with Crippen molar-refractivity contribution in [2.75, 3.05) is 28.1 Å². The van der Waals surface area contributed by atoms with Gasteiger partial charge in [-0.15, -0.1) is 0 Å². The number of hydrogen-bond acceptors (Lipinski definition) is 9. The highest BCUT2D eigenvalue weighted by atomic mass is 19.4. The van der Waals surface area contributed by atoms with Crippen LogP contribution < -0.4 is 18.9 Å². The molecule has 2 heterocycles. The van der Waals surface area contributed by atoms with E-state index in [2.05, 4.69) is 4.98 Å². The SMILES string of the molecule is COc1nc2c3c(ccc2c(OC)c1C[C@H](OC(=O)[C@@](OC)(c1ccccc1)C(F)(F)F)C(C)(C)O)OCO3. The zero-order chi connectivity index (χ0) is 28.6. The molecule has 0 spiro atoms. The van der Waals surface area contributed by atoms with E-state index in [9.17, 15) is 23.1 Å². The fraction of sp³-hybridized carbons (Fsp3) is 0.407. The van der Waals surface area contributed by atoms with Crippen molar-refractivity contribution in [3.63, 3.8) is 0 Å². The first-order valence-corrected chi connectivity index (χ1v) is 11.8. The smallest absolute Gasteiger partial charge is 0.432 e. The van der Waals surface area contributed by atoms with Crippen LogP contribution in [0.1, 0.15) is 25.0 Å². The molecule has 12 heteroatoms. The number of carbonyl (C=O) groups is 1. The lowest BCUT2D eigenvalue weighted by atomic mass is 9.91. The van der Waals surface area contributed by atoms with Gasteiger partial charge in [0, 0.05) is 24.5 Å². The molecule has 210 valence electrons. The highest BCUT2D eigenvalue weighted by Gasteiger charge is 2.64. The number of ether oxygens (including phenoxy) is 6. The van der Waals surface area contributed by atoms with E-state index in [4.69, 9.17) is 28.4 Å². The predicted octanol–water partition coefficient (Wildman–Crippen LogP) is 4.31. The third kappa shape index (κ3) is 4.89. The minimum Gasteiger partial charge on any atom is -0.496 e. The Labute approximate surface area is 222 Å². The summed E-state index contributed by atoms with van der Waals surface area (Å²) < 4.78 is 75.7. The molecule has 2 aromatic carbocycles. The third-order valence-corrected chi connectivity index (χ3v) is 6.50. The number of rotatable bonds is 9. The van der Waals surface area contributed by atoms with Gasteiger partial charge < -0.3 is 33.5 Å². The van der Waals surface area contributed by atoms with Crippen molar-refractivity contribution < 1.29 is 51.5 Å². The van der Waals surface area contributed by atoms with Gasteiger partial charge in [0.15, 0.2) is 11.5 Å². The number of methoxy groups -OCH3 is 3. The maximum atomic E-state index is 14.4. The normalized spacial score (nSPS) is 15.5. The molecule has 0 fully saturated rings. The number of aromatic nitrogens is 1.